The van der Waals surface area contributed by atoms with Crippen molar-refractivity contribution in [3.8, 4) is 0 Å². The Kier molecular flexibility index (Phi) is 5.73. The largest absolute Gasteiger partial charge is 0.277 e. The average molecular weight is 519 g/mol. The fraction of sp³-hybridized carbons (Fsp3) is 0. The van der Waals surface area contributed by atoms with Crippen LogP contribution in [0.2, 0.25) is 8.67 Å². The summed E-state index contributed by atoms with van der Waals surface area (Å²) in [5, 5.41) is 1.27. The van der Waals surface area contributed by atoms with Gasteiger partial charge in [-0.1, -0.05) is 53.5 Å². The molecular formula is C18H12Cl2N2O4S4. The number of hydrogen-bond donors (Lipinski definition) is 2. The molecule has 0 saturated carbocycles. The van der Waals surface area contributed by atoms with E-state index < -0.39 is 20.0 Å². The Labute approximate surface area is 191 Å². The van der Waals surface area contributed by atoms with Crippen LogP contribution in [0.4, 0.5) is 11.4 Å². The van der Waals surface area contributed by atoms with E-state index in [2.05, 4.69) is 9.44 Å². The molecule has 0 saturated heterocycles. The van der Waals surface area contributed by atoms with E-state index in [4.69, 9.17) is 23.2 Å². The molecule has 0 aliphatic rings. The summed E-state index contributed by atoms with van der Waals surface area (Å²) in [5.41, 5.74) is 0.202. The van der Waals surface area contributed by atoms with Gasteiger partial charge < -0.3 is 0 Å². The van der Waals surface area contributed by atoms with Gasteiger partial charge in [0.25, 0.3) is 20.0 Å². The number of anilines is 2. The van der Waals surface area contributed by atoms with E-state index in [1.165, 1.54) is 30.3 Å². The number of rotatable bonds is 6. The minimum atomic E-state index is -3.99. The molecule has 0 fully saturated rings. The Morgan fingerprint density at radius 1 is 0.667 bits per heavy atom. The zero-order valence-electron chi connectivity index (χ0n) is 14.8. The van der Waals surface area contributed by atoms with Crippen molar-refractivity contribution in [2.45, 2.75) is 8.42 Å². The summed E-state index contributed by atoms with van der Waals surface area (Å²) in [6.07, 6.45) is 0. The lowest BCUT2D eigenvalue weighted by molar-refractivity contribution is 0.601. The Bertz CT molecular complexity index is 1460. The molecule has 0 bridgehead atoms. The summed E-state index contributed by atoms with van der Waals surface area (Å²) < 4.78 is 57.0. The molecule has 0 unspecified atom stereocenters. The maximum absolute atomic E-state index is 12.9. The molecule has 2 aromatic heterocycles. The molecule has 2 aromatic carbocycles. The molecule has 0 spiro atoms. The number of hydrogen-bond acceptors (Lipinski definition) is 6. The smallest absolute Gasteiger partial charge is 0.271 e. The molecule has 156 valence electrons. The highest BCUT2D eigenvalue weighted by atomic mass is 35.5. The van der Waals surface area contributed by atoms with Crippen molar-refractivity contribution in [1.29, 1.82) is 0 Å². The lowest BCUT2D eigenvalue weighted by Gasteiger charge is -2.16. The van der Waals surface area contributed by atoms with Crippen molar-refractivity contribution in [1.82, 2.24) is 0 Å². The van der Waals surface area contributed by atoms with Crippen molar-refractivity contribution >= 4 is 88.1 Å². The number of sulfonamides is 2. The maximum Gasteiger partial charge on any atom is 0.271 e. The third-order valence-electron chi connectivity index (χ3n) is 4.04. The molecule has 2 heterocycles. The van der Waals surface area contributed by atoms with Crippen LogP contribution in [0, 0.1) is 0 Å². The first kappa shape index (κ1) is 21.4. The number of thiophene rings is 2. The summed E-state index contributed by atoms with van der Waals surface area (Å²) >= 11 is 13.5. The normalized spacial score (nSPS) is 12.2. The zero-order valence-corrected chi connectivity index (χ0v) is 19.6. The fourth-order valence-corrected chi connectivity index (χ4v) is 7.87. The quantitative estimate of drug-likeness (QED) is 0.333. The number of benzene rings is 2. The Hall–Kier alpha value is -1.82. The van der Waals surface area contributed by atoms with Gasteiger partial charge in [-0.2, -0.15) is 0 Å². The van der Waals surface area contributed by atoms with Gasteiger partial charge in [0.2, 0.25) is 0 Å². The van der Waals surface area contributed by atoms with Crippen LogP contribution in [0.1, 0.15) is 0 Å². The van der Waals surface area contributed by atoms with E-state index in [1.807, 2.05) is 0 Å². The second-order valence-corrected chi connectivity index (χ2v) is 13.3. The van der Waals surface area contributed by atoms with Gasteiger partial charge in [0.1, 0.15) is 8.42 Å². The lowest BCUT2D eigenvalue weighted by Crippen LogP contribution is -2.17. The number of fused-ring (bicyclic) bond motifs is 1. The van der Waals surface area contributed by atoms with Crippen LogP contribution < -0.4 is 9.44 Å². The summed E-state index contributed by atoms with van der Waals surface area (Å²) in [5.74, 6) is 0. The second-order valence-electron chi connectivity index (χ2n) is 6.04. The summed E-state index contributed by atoms with van der Waals surface area (Å²) in [6, 6.07) is 16.0. The third-order valence-corrected chi connectivity index (χ3v) is 10.2. The van der Waals surface area contributed by atoms with Gasteiger partial charge >= 0.3 is 0 Å². The zero-order chi connectivity index (χ0) is 21.5. The summed E-state index contributed by atoms with van der Waals surface area (Å²) in [6.45, 7) is 0. The molecule has 30 heavy (non-hydrogen) atoms. The third kappa shape index (κ3) is 4.29. The monoisotopic (exact) mass is 518 g/mol. The highest BCUT2D eigenvalue weighted by Gasteiger charge is 2.23. The summed E-state index contributed by atoms with van der Waals surface area (Å²) in [4.78, 5) is 0. The van der Waals surface area contributed by atoms with Crippen LogP contribution in [0.3, 0.4) is 0 Å². The van der Waals surface area contributed by atoms with E-state index >= 15 is 0 Å². The van der Waals surface area contributed by atoms with Crippen molar-refractivity contribution in [3.63, 3.8) is 0 Å². The van der Waals surface area contributed by atoms with Gasteiger partial charge in [0, 0.05) is 5.39 Å². The van der Waals surface area contributed by atoms with Gasteiger partial charge in [-0.05, 0) is 35.7 Å². The standard InChI is InChI=1S/C18H12Cl2N2O4S4/c19-14-7-9-16(27-14)29(23,24)21-13-6-5-11-3-1-2-4-12(11)18(13)22-30(25,26)17-10-8-15(20)28-17/h1-10,21-22H. The van der Waals surface area contributed by atoms with Gasteiger partial charge in [0.05, 0.1) is 20.0 Å². The van der Waals surface area contributed by atoms with Gasteiger partial charge in [-0.25, -0.2) is 16.8 Å². The van der Waals surface area contributed by atoms with E-state index in [9.17, 15) is 16.8 Å². The molecule has 0 radical (unpaired) electrons. The van der Waals surface area contributed by atoms with E-state index in [1.54, 1.807) is 30.3 Å². The number of halogens is 2. The predicted molar refractivity (Wildman–Crippen MR) is 124 cm³/mol. The number of nitrogens with one attached hydrogen (secondary N) is 2. The Morgan fingerprint density at radius 2 is 1.23 bits per heavy atom. The first-order chi connectivity index (χ1) is 14.2. The maximum atomic E-state index is 12.9. The highest BCUT2D eigenvalue weighted by molar-refractivity contribution is 7.95. The van der Waals surface area contributed by atoms with Crippen LogP contribution >= 0.6 is 45.9 Å². The molecule has 4 rings (SSSR count). The van der Waals surface area contributed by atoms with Crippen LogP contribution in [0.25, 0.3) is 10.8 Å². The second kappa shape index (κ2) is 8.03. The van der Waals surface area contributed by atoms with Crippen molar-refractivity contribution in [2.24, 2.45) is 0 Å². The molecule has 2 N–H and O–H groups in total. The van der Waals surface area contributed by atoms with Crippen LogP contribution in [0.15, 0.2) is 69.1 Å². The first-order valence-electron chi connectivity index (χ1n) is 8.24. The molecule has 4 aromatic rings. The molecule has 0 amide bonds. The molecule has 0 atom stereocenters. The van der Waals surface area contributed by atoms with Crippen molar-refractivity contribution < 1.29 is 16.8 Å². The van der Waals surface area contributed by atoms with Crippen molar-refractivity contribution in [3.05, 3.63) is 69.3 Å². The fourth-order valence-electron chi connectivity index (χ4n) is 2.73. The molecule has 12 heteroatoms. The molecule has 6 nitrogen and oxygen atoms in total. The molecule has 0 aliphatic carbocycles. The van der Waals surface area contributed by atoms with E-state index in [-0.39, 0.29) is 19.8 Å². The summed E-state index contributed by atoms with van der Waals surface area (Å²) in [7, 11) is -7.96. The van der Waals surface area contributed by atoms with E-state index in [0.29, 0.717) is 14.1 Å². The highest BCUT2D eigenvalue weighted by Crippen LogP contribution is 2.37. The Balaban J connectivity index is 1.83. The molecule has 0 aliphatic heterocycles. The van der Waals surface area contributed by atoms with Crippen LogP contribution in [0.5, 0.6) is 0 Å². The minimum Gasteiger partial charge on any atom is -0.277 e. The molecular weight excluding hydrogens is 507 g/mol. The van der Waals surface area contributed by atoms with Crippen LogP contribution in [-0.4, -0.2) is 16.8 Å². The lowest BCUT2D eigenvalue weighted by atomic mass is 10.1. The Morgan fingerprint density at radius 3 is 1.80 bits per heavy atom. The topological polar surface area (TPSA) is 92.3 Å². The van der Waals surface area contributed by atoms with Gasteiger partial charge in [-0.15, -0.1) is 22.7 Å². The van der Waals surface area contributed by atoms with E-state index in [0.717, 1.165) is 28.1 Å². The first-order valence-corrected chi connectivity index (χ1v) is 13.6. The van der Waals surface area contributed by atoms with Crippen LogP contribution in [-0.2, 0) is 20.0 Å². The minimum absolute atomic E-state index is 0.0132. The van der Waals surface area contributed by atoms with Gasteiger partial charge in [0.15, 0.2) is 0 Å². The average Bonchev–Trinajstić information content (AvgIpc) is 3.33. The predicted octanol–water partition coefficient (Wildman–Crippen LogP) is 5.87. The van der Waals surface area contributed by atoms with Gasteiger partial charge in [-0.3, -0.25) is 9.44 Å². The van der Waals surface area contributed by atoms with Crippen molar-refractivity contribution in [2.75, 3.05) is 9.44 Å². The SMILES string of the molecule is O=S(=O)(Nc1ccc2ccccc2c1NS(=O)(=O)c1ccc(Cl)s1)c1ccc(Cl)s1.